The van der Waals surface area contributed by atoms with E-state index in [4.69, 9.17) is 0 Å². The second-order valence-corrected chi connectivity index (χ2v) is 4.87. The molecule has 0 aliphatic carbocycles. The summed E-state index contributed by atoms with van der Waals surface area (Å²) < 4.78 is 13.3. The van der Waals surface area contributed by atoms with Gasteiger partial charge in [0.05, 0.1) is 5.69 Å². The van der Waals surface area contributed by atoms with E-state index in [0.717, 1.165) is 13.1 Å². The van der Waals surface area contributed by atoms with Crippen LogP contribution in [0, 0.1) is 11.7 Å². The van der Waals surface area contributed by atoms with Gasteiger partial charge in [-0.25, -0.2) is 4.39 Å². The summed E-state index contributed by atoms with van der Waals surface area (Å²) in [5.41, 5.74) is 0.582. The van der Waals surface area contributed by atoms with Crippen LogP contribution in [-0.4, -0.2) is 31.1 Å². The summed E-state index contributed by atoms with van der Waals surface area (Å²) in [4.78, 5) is 2.29. The Morgan fingerprint density at radius 1 is 1.24 bits per heavy atom. The largest absolute Gasteiger partial charge is 0.381 e. The molecule has 0 amide bonds. The zero-order chi connectivity index (χ0) is 12.8. The molecule has 1 unspecified atom stereocenters. The van der Waals surface area contributed by atoms with Gasteiger partial charge in [0.2, 0.25) is 0 Å². The van der Waals surface area contributed by atoms with Gasteiger partial charge in [-0.1, -0.05) is 26.0 Å². The highest BCUT2D eigenvalue weighted by Gasteiger charge is 2.12. The van der Waals surface area contributed by atoms with Crippen LogP contribution in [-0.2, 0) is 0 Å². The van der Waals surface area contributed by atoms with Crippen molar-refractivity contribution in [3.8, 4) is 0 Å². The molecule has 0 spiro atoms. The lowest BCUT2D eigenvalue weighted by atomic mass is 10.1. The number of likely N-dealkylation sites (N-methyl/N-ethyl adjacent to an activating group) is 1. The Kier molecular flexibility index (Phi) is 5.42. The normalized spacial score (nSPS) is 13.1. The van der Waals surface area contributed by atoms with Crippen molar-refractivity contribution < 1.29 is 4.39 Å². The molecule has 0 saturated carbocycles. The second kappa shape index (κ2) is 6.60. The number of hydrogen-bond donors (Lipinski definition) is 1. The summed E-state index contributed by atoms with van der Waals surface area (Å²) in [6, 6.07) is 7.32. The van der Waals surface area contributed by atoms with Crippen LogP contribution in [0.5, 0.6) is 0 Å². The third kappa shape index (κ3) is 4.35. The van der Waals surface area contributed by atoms with E-state index in [-0.39, 0.29) is 5.82 Å². The molecule has 1 atom stereocenters. The first kappa shape index (κ1) is 14.0. The first-order valence-electron chi connectivity index (χ1n) is 6.21. The van der Waals surface area contributed by atoms with Crippen molar-refractivity contribution in [1.82, 2.24) is 4.90 Å². The maximum Gasteiger partial charge on any atom is 0.146 e. The summed E-state index contributed by atoms with van der Waals surface area (Å²) >= 11 is 0. The number of rotatable bonds is 6. The molecule has 96 valence electrons. The lowest BCUT2D eigenvalue weighted by molar-refractivity contribution is 0.215. The average Bonchev–Trinajstić information content (AvgIpc) is 2.30. The van der Waals surface area contributed by atoms with Gasteiger partial charge in [0.1, 0.15) is 5.82 Å². The van der Waals surface area contributed by atoms with Crippen molar-refractivity contribution in [2.45, 2.75) is 26.8 Å². The second-order valence-electron chi connectivity index (χ2n) is 4.87. The van der Waals surface area contributed by atoms with Crippen LogP contribution in [0.4, 0.5) is 10.1 Å². The fraction of sp³-hybridized carbons (Fsp3) is 0.571. The third-order valence-electron chi connectivity index (χ3n) is 3.31. The SMILES string of the molecule is CC(C)C(C)N(C)CCNc1ccccc1F. The molecule has 0 fully saturated rings. The van der Waals surface area contributed by atoms with E-state index in [1.807, 2.05) is 6.07 Å². The molecule has 17 heavy (non-hydrogen) atoms. The van der Waals surface area contributed by atoms with Crippen molar-refractivity contribution >= 4 is 5.69 Å². The third-order valence-corrected chi connectivity index (χ3v) is 3.31. The number of benzene rings is 1. The van der Waals surface area contributed by atoms with Gasteiger partial charge in [0.25, 0.3) is 0 Å². The number of para-hydroxylation sites is 1. The van der Waals surface area contributed by atoms with Crippen molar-refractivity contribution in [2.24, 2.45) is 5.92 Å². The summed E-state index contributed by atoms with van der Waals surface area (Å²) in [7, 11) is 2.10. The van der Waals surface area contributed by atoms with E-state index < -0.39 is 0 Å². The number of nitrogens with one attached hydrogen (secondary N) is 1. The molecule has 0 bridgehead atoms. The number of hydrogen-bond acceptors (Lipinski definition) is 2. The van der Waals surface area contributed by atoms with E-state index in [1.54, 1.807) is 12.1 Å². The van der Waals surface area contributed by atoms with E-state index in [9.17, 15) is 4.39 Å². The highest BCUT2D eigenvalue weighted by molar-refractivity contribution is 5.44. The minimum atomic E-state index is -0.188. The molecule has 1 aromatic rings. The monoisotopic (exact) mass is 238 g/mol. The zero-order valence-electron chi connectivity index (χ0n) is 11.2. The van der Waals surface area contributed by atoms with Crippen LogP contribution in [0.3, 0.4) is 0 Å². The maximum absolute atomic E-state index is 13.3. The fourth-order valence-electron chi connectivity index (χ4n) is 1.68. The highest BCUT2D eigenvalue weighted by atomic mass is 19.1. The Morgan fingerprint density at radius 2 is 1.88 bits per heavy atom. The van der Waals surface area contributed by atoms with Crippen molar-refractivity contribution in [3.05, 3.63) is 30.1 Å². The van der Waals surface area contributed by atoms with E-state index in [0.29, 0.717) is 17.6 Å². The molecule has 1 aromatic carbocycles. The van der Waals surface area contributed by atoms with E-state index in [2.05, 4.69) is 38.0 Å². The van der Waals surface area contributed by atoms with E-state index >= 15 is 0 Å². The Hall–Kier alpha value is -1.09. The molecule has 0 radical (unpaired) electrons. The molecule has 3 heteroatoms. The smallest absolute Gasteiger partial charge is 0.146 e. The van der Waals surface area contributed by atoms with Gasteiger partial charge < -0.3 is 10.2 Å². The maximum atomic E-state index is 13.3. The van der Waals surface area contributed by atoms with Gasteiger partial charge in [-0.05, 0) is 32.0 Å². The van der Waals surface area contributed by atoms with Crippen LogP contribution in [0.2, 0.25) is 0 Å². The number of anilines is 1. The predicted octanol–water partition coefficient (Wildman–Crippen LogP) is 3.21. The zero-order valence-corrected chi connectivity index (χ0v) is 11.2. The van der Waals surface area contributed by atoms with Crippen molar-refractivity contribution in [3.63, 3.8) is 0 Å². The lowest BCUT2D eigenvalue weighted by Crippen LogP contribution is -2.36. The molecule has 2 nitrogen and oxygen atoms in total. The Bertz CT molecular complexity index is 339. The summed E-state index contributed by atoms with van der Waals surface area (Å²) in [6.45, 7) is 8.31. The lowest BCUT2D eigenvalue weighted by Gasteiger charge is -2.27. The van der Waals surface area contributed by atoms with Gasteiger partial charge in [-0.15, -0.1) is 0 Å². The van der Waals surface area contributed by atoms with Crippen LogP contribution in [0.25, 0.3) is 0 Å². The average molecular weight is 238 g/mol. The fourth-order valence-corrected chi connectivity index (χ4v) is 1.68. The van der Waals surface area contributed by atoms with Crippen molar-refractivity contribution in [1.29, 1.82) is 0 Å². The summed E-state index contributed by atoms with van der Waals surface area (Å²) in [6.07, 6.45) is 0. The Labute approximate surface area is 104 Å². The van der Waals surface area contributed by atoms with Gasteiger partial charge in [-0.2, -0.15) is 0 Å². The first-order valence-corrected chi connectivity index (χ1v) is 6.21. The summed E-state index contributed by atoms with van der Waals surface area (Å²) in [5.74, 6) is 0.445. The summed E-state index contributed by atoms with van der Waals surface area (Å²) in [5, 5.41) is 3.12. The molecular formula is C14H23FN2. The predicted molar refractivity (Wildman–Crippen MR) is 71.8 cm³/mol. The quantitative estimate of drug-likeness (QED) is 0.818. The Morgan fingerprint density at radius 3 is 2.47 bits per heavy atom. The van der Waals surface area contributed by atoms with Gasteiger partial charge in [0.15, 0.2) is 0 Å². The van der Waals surface area contributed by atoms with Crippen LogP contribution < -0.4 is 5.32 Å². The number of halogens is 1. The number of nitrogens with zero attached hydrogens (tertiary/aromatic N) is 1. The molecular weight excluding hydrogens is 215 g/mol. The van der Waals surface area contributed by atoms with Gasteiger partial charge in [0, 0.05) is 19.1 Å². The standard InChI is InChI=1S/C14H23FN2/c1-11(2)12(3)17(4)10-9-16-14-8-6-5-7-13(14)15/h5-8,11-12,16H,9-10H2,1-4H3. The van der Waals surface area contributed by atoms with Gasteiger partial charge >= 0.3 is 0 Å². The minimum Gasteiger partial charge on any atom is -0.381 e. The molecule has 0 aliphatic rings. The molecule has 0 heterocycles. The topological polar surface area (TPSA) is 15.3 Å². The van der Waals surface area contributed by atoms with Gasteiger partial charge in [-0.3, -0.25) is 0 Å². The molecule has 0 aromatic heterocycles. The first-order chi connectivity index (χ1) is 8.02. The minimum absolute atomic E-state index is 0.188. The van der Waals surface area contributed by atoms with Crippen LogP contribution >= 0.6 is 0 Å². The van der Waals surface area contributed by atoms with E-state index in [1.165, 1.54) is 6.07 Å². The van der Waals surface area contributed by atoms with Crippen molar-refractivity contribution in [2.75, 3.05) is 25.5 Å². The van der Waals surface area contributed by atoms with Crippen LogP contribution in [0.15, 0.2) is 24.3 Å². The molecule has 1 N–H and O–H groups in total. The highest BCUT2D eigenvalue weighted by Crippen LogP contribution is 2.12. The van der Waals surface area contributed by atoms with Crippen LogP contribution in [0.1, 0.15) is 20.8 Å². The molecule has 1 rings (SSSR count). The molecule has 0 aliphatic heterocycles. The Balaban J connectivity index is 2.36. The molecule has 0 saturated heterocycles.